The van der Waals surface area contributed by atoms with Crippen molar-refractivity contribution in [1.82, 2.24) is 0 Å². The van der Waals surface area contributed by atoms with E-state index in [-0.39, 0.29) is 5.56 Å². The molecular weight excluding hydrogens is 256 g/mol. The van der Waals surface area contributed by atoms with Crippen LogP contribution in [0.5, 0.6) is 0 Å². The van der Waals surface area contributed by atoms with E-state index < -0.39 is 17.6 Å². The van der Waals surface area contributed by atoms with Gasteiger partial charge in [0.1, 0.15) is 5.82 Å². The van der Waals surface area contributed by atoms with Crippen molar-refractivity contribution < 1.29 is 17.6 Å². The molecule has 0 bridgehead atoms. The molecule has 0 aliphatic carbocycles. The van der Waals surface area contributed by atoms with Gasteiger partial charge in [0.25, 0.3) is 0 Å². The quantitative estimate of drug-likeness (QED) is 0.659. The zero-order chi connectivity index (χ0) is 14.0. The van der Waals surface area contributed by atoms with Crippen LogP contribution >= 0.6 is 0 Å². The van der Waals surface area contributed by atoms with Crippen molar-refractivity contribution in [1.29, 1.82) is 0 Å². The summed E-state index contributed by atoms with van der Waals surface area (Å²) in [5.41, 5.74) is 0.318. The van der Waals surface area contributed by atoms with E-state index in [1.807, 2.05) is 0 Å². The number of benzene rings is 2. The van der Waals surface area contributed by atoms with E-state index in [1.54, 1.807) is 24.3 Å². The fraction of sp³-hybridized carbons (Fsp3) is 0.0667. The van der Waals surface area contributed by atoms with E-state index in [4.69, 9.17) is 0 Å². The van der Waals surface area contributed by atoms with Crippen LogP contribution in [0.25, 0.3) is 17.2 Å². The third-order valence-electron chi connectivity index (χ3n) is 2.77. The molecule has 0 aliphatic heterocycles. The van der Waals surface area contributed by atoms with Crippen LogP contribution < -0.4 is 0 Å². The molecule has 0 spiro atoms. The van der Waals surface area contributed by atoms with E-state index in [2.05, 4.69) is 6.58 Å². The predicted molar refractivity (Wildman–Crippen MR) is 66.9 cm³/mol. The summed E-state index contributed by atoms with van der Waals surface area (Å²) >= 11 is 0. The molecule has 0 nitrogen and oxygen atoms in total. The van der Waals surface area contributed by atoms with Crippen LogP contribution in [-0.4, -0.2) is 0 Å². The van der Waals surface area contributed by atoms with Crippen LogP contribution in [0.4, 0.5) is 17.6 Å². The summed E-state index contributed by atoms with van der Waals surface area (Å²) in [4.78, 5) is 0. The second-order valence-corrected chi connectivity index (χ2v) is 3.98. The monoisotopic (exact) mass is 266 g/mol. The molecule has 0 saturated carbocycles. The molecule has 19 heavy (non-hydrogen) atoms. The minimum Gasteiger partial charge on any atom is -0.206 e. The molecular formula is C15H10F4. The topological polar surface area (TPSA) is 0 Å². The fourth-order valence-electron chi connectivity index (χ4n) is 1.83. The normalized spacial score (nSPS) is 11.4. The van der Waals surface area contributed by atoms with Gasteiger partial charge >= 0.3 is 6.18 Å². The van der Waals surface area contributed by atoms with Gasteiger partial charge in [-0.25, -0.2) is 4.39 Å². The smallest absolute Gasteiger partial charge is 0.206 e. The predicted octanol–water partition coefficient (Wildman–Crippen LogP) is 5.15. The van der Waals surface area contributed by atoms with Crippen molar-refractivity contribution in [2.45, 2.75) is 6.18 Å². The number of hydrogen-bond acceptors (Lipinski definition) is 0. The molecule has 2 rings (SSSR count). The summed E-state index contributed by atoms with van der Waals surface area (Å²) in [6, 6.07) is 9.33. The molecule has 0 saturated heterocycles. The summed E-state index contributed by atoms with van der Waals surface area (Å²) < 4.78 is 51.2. The zero-order valence-electron chi connectivity index (χ0n) is 9.84. The van der Waals surface area contributed by atoms with Gasteiger partial charge in [0.05, 0.1) is 5.56 Å². The molecule has 0 N–H and O–H groups in total. The van der Waals surface area contributed by atoms with Gasteiger partial charge < -0.3 is 0 Å². The van der Waals surface area contributed by atoms with Crippen molar-refractivity contribution in [3.63, 3.8) is 0 Å². The molecule has 4 heteroatoms. The lowest BCUT2D eigenvalue weighted by Gasteiger charge is -2.11. The Bertz CT molecular complexity index is 612. The third-order valence-corrected chi connectivity index (χ3v) is 2.77. The average Bonchev–Trinajstić information content (AvgIpc) is 2.37. The lowest BCUT2D eigenvalue weighted by Crippen LogP contribution is -2.05. The van der Waals surface area contributed by atoms with Gasteiger partial charge in [0, 0.05) is 5.56 Å². The van der Waals surface area contributed by atoms with Gasteiger partial charge in [-0.15, -0.1) is 0 Å². The molecule has 0 heterocycles. The van der Waals surface area contributed by atoms with E-state index in [0.29, 0.717) is 17.2 Å². The van der Waals surface area contributed by atoms with Crippen LogP contribution in [0, 0.1) is 5.82 Å². The number of hydrogen-bond donors (Lipinski definition) is 0. The van der Waals surface area contributed by atoms with Crippen LogP contribution in [0.15, 0.2) is 49.0 Å². The Hall–Kier alpha value is -2.10. The molecule has 0 amide bonds. The summed E-state index contributed by atoms with van der Waals surface area (Å²) in [5, 5.41) is 0. The van der Waals surface area contributed by atoms with Crippen molar-refractivity contribution in [2.75, 3.05) is 0 Å². The van der Waals surface area contributed by atoms with Gasteiger partial charge in [-0.05, 0) is 23.3 Å². The molecule has 0 radical (unpaired) electrons. The van der Waals surface area contributed by atoms with Crippen LogP contribution in [-0.2, 0) is 6.18 Å². The maximum absolute atomic E-state index is 13.8. The third kappa shape index (κ3) is 2.67. The highest BCUT2D eigenvalue weighted by molar-refractivity contribution is 5.75. The number of alkyl halides is 3. The Morgan fingerprint density at radius 1 is 0.947 bits per heavy atom. The highest BCUT2D eigenvalue weighted by Gasteiger charge is 2.31. The van der Waals surface area contributed by atoms with Crippen molar-refractivity contribution in [3.8, 4) is 11.1 Å². The Kier molecular flexibility index (Phi) is 3.42. The first-order valence-electron chi connectivity index (χ1n) is 5.52. The van der Waals surface area contributed by atoms with Gasteiger partial charge in [0.15, 0.2) is 0 Å². The minimum atomic E-state index is -4.54. The summed E-state index contributed by atoms with van der Waals surface area (Å²) in [6.07, 6.45) is -3.01. The molecule has 0 unspecified atom stereocenters. The lowest BCUT2D eigenvalue weighted by atomic mass is 9.98. The Morgan fingerprint density at radius 2 is 1.63 bits per heavy atom. The van der Waals surface area contributed by atoms with E-state index in [0.717, 1.165) is 12.1 Å². The first kappa shape index (κ1) is 13.3. The summed E-state index contributed by atoms with van der Waals surface area (Å²) in [6.45, 7) is 3.60. The zero-order valence-corrected chi connectivity index (χ0v) is 9.84. The fourth-order valence-corrected chi connectivity index (χ4v) is 1.83. The maximum atomic E-state index is 13.8. The minimum absolute atomic E-state index is 0.128. The molecule has 0 fully saturated rings. The molecule has 2 aromatic carbocycles. The first-order chi connectivity index (χ1) is 8.93. The van der Waals surface area contributed by atoms with Gasteiger partial charge in [0.2, 0.25) is 0 Å². The standard InChI is InChI=1S/C15H10F4/c1-2-10-5-3-4-6-12(10)13-8-7-11(9-14(13)16)15(17,18)19/h2-9H,1H2. The second kappa shape index (κ2) is 4.88. The summed E-state index contributed by atoms with van der Waals surface area (Å²) in [5.74, 6) is -0.899. The molecule has 0 atom stereocenters. The van der Waals surface area contributed by atoms with Crippen molar-refractivity contribution in [3.05, 3.63) is 66.0 Å². The Labute approximate surface area is 108 Å². The van der Waals surface area contributed by atoms with Crippen molar-refractivity contribution in [2.24, 2.45) is 0 Å². The number of halogens is 4. The highest BCUT2D eigenvalue weighted by Crippen LogP contribution is 2.33. The van der Waals surface area contributed by atoms with Crippen LogP contribution in [0.2, 0.25) is 0 Å². The van der Waals surface area contributed by atoms with E-state index >= 15 is 0 Å². The molecule has 0 aromatic heterocycles. The molecule has 98 valence electrons. The van der Waals surface area contributed by atoms with E-state index in [1.165, 1.54) is 6.08 Å². The number of rotatable bonds is 2. The second-order valence-electron chi connectivity index (χ2n) is 3.98. The lowest BCUT2D eigenvalue weighted by molar-refractivity contribution is -0.137. The van der Waals surface area contributed by atoms with Crippen LogP contribution in [0.3, 0.4) is 0 Å². The first-order valence-corrected chi connectivity index (χ1v) is 5.52. The Morgan fingerprint density at radius 3 is 2.21 bits per heavy atom. The maximum Gasteiger partial charge on any atom is 0.416 e. The van der Waals surface area contributed by atoms with Crippen LogP contribution in [0.1, 0.15) is 11.1 Å². The molecule has 2 aromatic rings. The van der Waals surface area contributed by atoms with Crippen molar-refractivity contribution >= 4 is 6.08 Å². The Balaban J connectivity index is 2.56. The summed E-state index contributed by atoms with van der Waals surface area (Å²) in [7, 11) is 0. The van der Waals surface area contributed by atoms with E-state index in [9.17, 15) is 17.6 Å². The largest absolute Gasteiger partial charge is 0.416 e. The SMILES string of the molecule is C=Cc1ccccc1-c1ccc(C(F)(F)F)cc1F. The van der Waals surface area contributed by atoms with Gasteiger partial charge in [-0.2, -0.15) is 13.2 Å². The average molecular weight is 266 g/mol. The highest BCUT2D eigenvalue weighted by atomic mass is 19.4. The molecule has 0 aliphatic rings. The van der Waals surface area contributed by atoms with Gasteiger partial charge in [-0.3, -0.25) is 0 Å². The van der Waals surface area contributed by atoms with Gasteiger partial charge in [-0.1, -0.05) is 43.0 Å².